The minimum Gasteiger partial charge on any atom is -0.324 e. The lowest BCUT2D eigenvalue weighted by Gasteiger charge is -2.04. The Morgan fingerprint density at radius 1 is 0.667 bits per heavy atom. The lowest BCUT2D eigenvalue weighted by Crippen LogP contribution is -2.17. The highest BCUT2D eigenvalue weighted by molar-refractivity contribution is 7.51. The normalized spacial score (nSPS) is 11.6. The average Bonchev–Trinajstić information content (AvgIpc) is 2.53. The van der Waals surface area contributed by atoms with Crippen molar-refractivity contribution in [2.24, 2.45) is 0 Å². The van der Waals surface area contributed by atoms with Gasteiger partial charge >= 0.3 is 7.60 Å². The third kappa shape index (κ3) is 19.6. The molecule has 0 aromatic carbocycles. The number of rotatable bonds is 17. The quantitative estimate of drug-likeness (QED) is 0.131. The van der Waals surface area contributed by atoms with E-state index in [-0.39, 0.29) is 12.1 Å². The Bertz CT molecular complexity index is 346. The van der Waals surface area contributed by atoms with E-state index in [0.717, 1.165) is 32.1 Å². The number of hydroxylamine groups is 1. The first kappa shape index (κ1) is 23.6. The summed E-state index contributed by atoms with van der Waals surface area (Å²) in [7, 11) is -3.79. The maximum Gasteiger partial charge on any atom is 0.325 e. The molecule has 0 aliphatic heterocycles. The summed E-state index contributed by atoms with van der Waals surface area (Å²) >= 11 is 0. The molecule has 0 fully saturated rings. The van der Waals surface area contributed by atoms with Crippen LogP contribution in [0.25, 0.3) is 0 Å². The molecule has 0 radical (unpaired) electrons. The molecule has 144 valence electrons. The summed E-state index contributed by atoms with van der Waals surface area (Å²) in [5, 5.41) is 8.35. The van der Waals surface area contributed by atoms with E-state index in [1.165, 1.54) is 51.4 Å². The summed E-state index contributed by atoms with van der Waals surface area (Å²) in [6.07, 6.45) is 16.1. The van der Waals surface area contributed by atoms with Gasteiger partial charge in [-0.3, -0.25) is 14.6 Å². The molecule has 0 saturated heterocycles. The highest BCUT2D eigenvalue weighted by atomic mass is 31.2. The van der Waals surface area contributed by atoms with E-state index < -0.39 is 7.60 Å². The summed E-state index contributed by atoms with van der Waals surface area (Å²) in [4.78, 5) is 28.3. The van der Waals surface area contributed by atoms with Gasteiger partial charge in [-0.15, -0.1) is 0 Å². The topological polar surface area (TPSA) is 107 Å². The van der Waals surface area contributed by atoms with Crippen LogP contribution in [0.15, 0.2) is 0 Å². The van der Waals surface area contributed by atoms with E-state index in [2.05, 4.69) is 0 Å². The summed E-state index contributed by atoms with van der Waals surface area (Å²) in [6.45, 7) is 0. The number of nitrogens with one attached hydrogen (secondary N) is 1. The van der Waals surface area contributed by atoms with Gasteiger partial charge in [0.2, 0.25) is 5.91 Å². The minimum atomic E-state index is -3.79. The van der Waals surface area contributed by atoms with Crippen molar-refractivity contribution in [3.8, 4) is 0 Å². The monoisotopic (exact) mass is 365 g/mol. The second-order valence-corrected chi connectivity index (χ2v) is 8.40. The molecular formula is C17H36NO5P. The second kappa shape index (κ2) is 16.1. The van der Waals surface area contributed by atoms with Crippen molar-refractivity contribution in [1.82, 2.24) is 5.48 Å². The Morgan fingerprint density at radius 3 is 1.33 bits per heavy atom. The zero-order valence-corrected chi connectivity index (χ0v) is 15.8. The van der Waals surface area contributed by atoms with Crippen molar-refractivity contribution >= 4 is 13.5 Å². The van der Waals surface area contributed by atoms with Crippen LogP contribution >= 0.6 is 7.60 Å². The Morgan fingerprint density at radius 2 is 1.00 bits per heavy atom. The lowest BCUT2D eigenvalue weighted by atomic mass is 10.0. The summed E-state index contributed by atoms with van der Waals surface area (Å²) in [5.41, 5.74) is 1.65. The molecule has 0 heterocycles. The SMILES string of the molecule is O=C(CCCCCCCCCCCCCCCCP(=O)(O)O)NO. The standard InChI is InChI=1S/C17H36NO5P/c19-17(18-20)15-13-11-9-7-5-3-1-2-4-6-8-10-12-14-16-24(21,22)23/h20H,1-16H2,(H,18,19)(H2,21,22,23). The van der Waals surface area contributed by atoms with Crippen LogP contribution in [0.4, 0.5) is 0 Å². The van der Waals surface area contributed by atoms with Crippen molar-refractivity contribution in [3.63, 3.8) is 0 Å². The van der Waals surface area contributed by atoms with Crippen LogP contribution in [-0.2, 0) is 9.36 Å². The molecule has 0 rings (SSSR count). The smallest absolute Gasteiger partial charge is 0.324 e. The van der Waals surface area contributed by atoms with Crippen LogP contribution < -0.4 is 5.48 Å². The number of hydrogen-bond donors (Lipinski definition) is 4. The zero-order chi connectivity index (χ0) is 18.1. The van der Waals surface area contributed by atoms with Crippen LogP contribution in [-0.4, -0.2) is 27.1 Å². The number of carbonyl (C=O) groups excluding carboxylic acids is 1. The molecule has 0 aliphatic carbocycles. The highest BCUT2D eigenvalue weighted by Gasteiger charge is 2.10. The van der Waals surface area contributed by atoms with Gasteiger partial charge < -0.3 is 9.79 Å². The predicted molar refractivity (Wildman–Crippen MR) is 96.1 cm³/mol. The Kier molecular flexibility index (Phi) is 15.8. The van der Waals surface area contributed by atoms with Crippen molar-refractivity contribution in [3.05, 3.63) is 0 Å². The van der Waals surface area contributed by atoms with Gasteiger partial charge in [0.25, 0.3) is 0 Å². The van der Waals surface area contributed by atoms with Crippen LogP contribution in [0.2, 0.25) is 0 Å². The van der Waals surface area contributed by atoms with Crippen LogP contribution in [0.5, 0.6) is 0 Å². The van der Waals surface area contributed by atoms with Gasteiger partial charge in [-0.25, -0.2) is 5.48 Å². The first-order chi connectivity index (χ1) is 11.5. The lowest BCUT2D eigenvalue weighted by molar-refractivity contribution is -0.129. The predicted octanol–water partition coefficient (Wildman–Crippen LogP) is 4.52. The molecule has 4 N–H and O–H groups in total. The van der Waals surface area contributed by atoms with Gasteiger partial charge in [-0.2, -0.15) is 0 Å². The van der Waals surface area contributed by atoms with E-state index >= 15 is 0 Å². The molecule has 0 aliphatic rings. The largest absolute Gasteiger partial charge is 0.325 e. The maximum absolute atomic E-state index is 10.8. The number of hydrogen-bond acceptors (Lipinski definition) is 3. The van der Waals surface area contributed by atoms with Gasteiger partial charge in [0.05, 0.1) is 0 Å². The number of carbonyl (C=O) groups is 1. The van der Waals surface area contributed by atoms with Gasteiger partial charge in [0, 0.05) is 12.6 Å². The van der Waals surface area contributed by atoms with Crippen LogP contribution in [0.3, 0.4) is 0 Å². The Hall–Kier alpha value is -0.420. The van der Waals surface area contributed by atoms with E-state index in [0.29, 0.717) is 12.8 Å². The first-order valence-corrected chi connectivity index (χ1v) is 11.2. The van der Waals surface area contributed by atoms with Gasteiger partial charge in [-0.1, -0.05) is 77.0 Å². The van der Waals surface area contributed by atoms with Gasteiger partial charge in [-0.05, 0) is 12.8 Å². The molecule has 0 atom stereocenters. The molecule has 24 heavy (non-hydrogen) atoms. The summed E-state index contributed by atoms with van der Waals surface area (Å²) < 4.78 is 10.7. The fourth-order valence-electron chi connectivity index (χ4n) is 2.78. The molecule has 0 unspecified atom stereocenters. The fourth-order valence-corrected chi connectivity index (χ4v) is 3.42. The summed E-state index contributed by atoms with van der Waals surface area (Å²) in [6, 6.07) is 0. The van der Waals surface area contributed by atoms with Crippen LogP contribution in [0.1, 0.15) is 96.3 Å². The van der Waals surface area contributed by atoms with Crippen molar-refractivity contribution in [1.29, 1.82) is 0 Å². The van der Waals surface area contributed by atoms with E-state index in [9.17, 15) is 9.36 Å². The molecule has 6 nitrogen and oxygen atoms in total. The van der Waals surface area contributed by atoms with Gasteiger partial charge in [0.15, 0.2) is 0 Å². The third-order valence-electron chi connectivity index (χ3n) is 4.23. The number of unbranched alkanes of at least 4 members (excludes halogenated alkanes) is 13. The van der Waals surface area contributed by atoms with Crippen LogP contribution in [0, 0.1) is 0 Å². The maximum atomic E-state index is 10.8. The molecule has 1 amide bonds. The fraction of sp³-hybridized carbons (Fsp3) is 0.941. The van der Waals surface area contributed by atoms with Gasteiger partial charge in [0.1, 0.15) is 0 Å². The van der Waals surface area contributed by atoms with E-state index in [1.807, 2.05) is 0 Å². The van der Waals surface area contributed by atoms with Crippen molar-refractivity contribution in [2.75, 3.05) is 6.16 Å². The second-order valence-electron chi connectivity index (χ2n) is 6.62. The molecule has 0 spiro atoms. The van der Waals surface area contributed by atoms with Crippen molar-refractivity contribution in [2.45, 2.75) is 96.3 Å². The minimum absolute atomic E-state index is 0.0294. The molecule has 0 aromatic heterocycles. The molecule has 0 bridgehead atoms. The average molecular weight is 365 g/mol. The molecular weight excluding hydrogens is 329 g/mol. The van der Waals surface area contributed by atoms with Crippen molar-refractivity contribution < 1.29 is 24.4 Å². The van der Waals surface area contributed by atoms with E-state index in [1.54, 1.807) is 5.48 Å². The summed E-state index contributed by atoms with van der Waals surface area (Å²) in [5.74, 6) is -0.295. The molecule has 0 saturated carbocycles. The first-order valence-electron chi connectivity index (χ1n) is 9.43. The molecule has 7 heteroatoms. The zero-order valence-electron chi connectivity index (χ0n) is 14.9. The Labute approximate surface area is 146 Å². The highest BCUT2D eigenvalue weighted by Crippen LogP contribution is 2.35. The Balaban J connectivity index is 3.08. The van der Waals surface area contributed by atoms with E-state index in [4.69, 9.17) is 15.0 Å². The third-order valence-corrected chi connectivity index (χ3v) is 5.13. The molecule has 0 aromatic rings. The number of amides is 1.